The SMILES string of the molecule is Cc1ccc(-c2c(C)noc2C)cc1N(C)c1cnc(C#N)c(C(F)(F)F)c1. The number of nitriles is 1. The number of hydrogen-bond donors (Lipinski definition) is 0. The molecule has 0 radical (unpaired) electrons. The quantitative estimate of drug-likeness (QED) is 0.609. The van der Waals surface area contributed by atoms with Crippen LogP contribution in [-0.4, -0.2) is 17.2 Å². The average Bonchev–Trinajstić information content (AvgIpc) is 2.99. The Bertz CT molecular complexity index is 1060. The lowest BCUT2D eigenvalue weighted by Crippen LogP contribution is -2.15. The fourth-order valence-electron chi connectivity index (χ4n) is 3.10. The minimum Gasteiger partial charge on any atom is -0.361 e. The van der Waals surface area contributed by atoms with Crippen LogP contribution in [0.15, 0.2) is 35.0 Å². The Morgan fingerprint density at radius 1 is 1.14 bits per heavy atom. The molecule has 0 aliphatic rings. The maximum absolute atomic E-state index is 13.3. The number of benzene rings is 1. The third-order valence-electron chi connectivity index (χ3n) is 4.56. The standard InChI is InChI=1S/C20H17F3N4O/c1-11-5-6-14(19-12(2)26-28-13(19)3)7-18(11)27(4)15-8-16(20(21,22)23)17(9-24)25-10-15/h5-8,10H,1-4H3. The van der Waals surface area contributed by atoms with Crippen LogP contribution in [0.1, 0.15) is 28.3 Å². The van der Waals surface area contributed by atoms with Gasteiger partial charge in [0.25, 0.3) is 0 Å². The molecule has 0 fully saturated rings. The Kier molecular flexibility index (Phi) is 4.86. The third-order valence-corrected chi connectivity index (χ3v) is 4.56. The van der Waals surface area contributed by atoms with Gasteiger partial charge in [-0.15, -0.1) is 0 Å². The second-order valence-electron chi connectivity index (χ2n) is 6.46. The largest absolute Gasteiger partial charge is 0.419 e. The summed E-state index contributed by atoms with van der Waals surface area (Å²) in [6, 6.07) is 8.10. The first-order valence-electron chi connectivity index (χ1n) is 8.38. The van der Waals surface area contributed by atoms with Gasteiger partial charge >= 0.3 is 6.18 Å². The minimum atomic E-state index is -4.66. The second-order valence-corrected chi connectivity index (χ2v) is 6.46. The molecule has 2 heterocycles. The van der Waals surface area contributed by atoms with E-state index in [1.54, 1.807) is 18.9 Å². The number of anilines is 2. The number of hydrogen-bond acceptors (Lipinski definition) is 5. The van der Waals surface area contributed by atoms with Crippen molar-refractivity contribution < 1.29 is 17.7 Å². The van der Waals surface area contributed by atoms with E-state index in [1.807, 2.05) is 32.0 Å². The highest BCUT2D eigenvalue weighted by Crippen LogP contribution is 2.37. The maximum atomic E-state index is 13.3. The van der Waals surface area contributed by atoms with Crippen LogP contribution >= 0.6 is 0 Å². The lowest BCUT2D eigenvalue weighted by Gasteiger charge is -2.23. The zero-order valence-electron chi connectivity index (χ0n) is 15.7. The molecule has 3 rings (SSSR count). The van der Waals surface area contributed by atoms with E-state index in [-0.39, 0.29) is 5.69 Å². The molecule has 0 atom stereocenters. The van der Waals surface area contributed by atoms with E-state index >= 15 is 0 Å². The van der Waals surface area contributed by atoms with E-state index < -0.39 is 17.4 Å². The molecular formula is C20H17F3N4O. The van der Waals surface area contributed by atoms with Crippen molar-refractivity contribution in [2.75, 3.05) is 11.9 Å². The summed E-state index contributed by atoms with van der Waals surface area (Å²) >= 11 is 0. The van der Waals surface area contributed by atoms with Crippen LogP contribution in [0.3, 0.4) is 0 Å². The first-order valence-corrected chi connectivity index (χ1v) is 8.38. The van der Waals surface area contributed by atoms with E-state index in [1.165, 1.54) is 12.3 Å². The molecule has 5 nitrogen and oxygen atoms in total. The zero-order valence-corrected chi connectivity index (χ0v) is 15.7. The van der Waals surface area contributed by atoms with Crippen molar-refractivity contribution in [1.29, 1.82) is 5.26 Å². The lowest BCUT2D eigenvalue weighted by molar-refractivity contribution is -0.138. The summed E-state index contributed by atoms with van der Waals surface area (Å²) < 4.78 is 45.0. The summed E-state index contributed by atoms with van der Waals surface area (Å²) in [6.45, 7) is 5.50. The van der Waals surface area contributed by atoms with Crippen LogP contribution in [-0.2, 0) is 6.18 Å². The summed E-state index contributed by atoms with van der Waals surface area (Å²) in [5.41, 5.74) is 2.53. The van der Waals surface area contributed by atoms with Crippen LogP contribution in [0.5, 0.6) is 0 Å². The highest BCUT2D eigenvalue weighted by atomic mass is 19.4. The average molecular weight is 386 g/mol. The molecule has 0 aliphatic carbocycles. The number of halogens is 3. The molecule has 0 saturated heterocycles. The molecule has 0 aliphatic heterocycles. The second kappa shape index (κ2) is 7.00. The minimum absolute atomic E-state index is 0.227. The van der Waals surface area contributed by atoms with Crippen LogP contribution in [0, 0.1) is 32.1 Å². The van der Waals surface area contributed by atoms with Gasteiger partial charge in [-0.25, -0.2) is 4.98 Å². The van der Waals surface area contributed by atoms with Gasteiger partial charge in [0.2, 0.25) is 0 Å². The van der Waals surface area contributed by atoms with Gasteiger partial charge in [0.1, 0.15) is 11.8 Å². The number of rotatable bonds is 3. The molecule has 0 bridgehead atoms. The predicted molar refractivity (Wildman–Crippen MR) is 98.2 cm³/mol. The Morgan fingerprint density at radius 2 is 1.86 bits per heavy atom. The van der Waals surface area contributed by atoms with Gasteiger partial charge < -0.3 is 9.42 Å². The van der Waals surface area contributed by atoms with Crippen molar-refractivity contribution in [1.82, 2.24) is 10.1 Å². The van der Waals surface area contributed by atoms with Gasteiger partial charge in [0.15, 0.2) is 5.69 Å². The highest BCUT2D eigenvalue weighted by Gasteiger charge is 2.35. The van der Waals surface area contributed by atoms with E-state index in [0.717, 1.165) is 28.5 Å². The summed E-state index contributed by atoms with van der Waals surface area (Å²) in [5, 5.41) is 12.9. The molecule has 3 aromatic rings. The molecule has 0 amide bonds. The van der Waals surface area contributed by atoms with Gasteiger partial charge in [-0.05, 0) is 44.0 Å². The fraction of sp³-hybridized carbons (Fsp3) is 0.250. The van der Waals surface area contributed by atoms with Crippen LogP contribution in [0.25, 0.3) is 11.1 Å². The summed E-state index contributed by atoms with van der Waals surface area (Å²) in [5.74, 6) is 0.661. The Hall–Kier alpha value is -3.34. The molecule has 144 valence electrons. The van der Waals surface area contributed by atoms with E-state index in [4.69, 9.17) is 9.78 Å². The Morgan fingerprint density at radius 3 is 2.43 bits per heavy atom. The lowest BCUT2D eigenvalue weighted by atomic mass is 10.0. The number of nitrogens with zero attached hydrogens (tertiary/aromatic N) is 4. The van der Waals surface area contributed by atoms with E-state index in [2.05, 4.69) is 10.1 Å². The van der Waals surface area contributed by atoms with Crippen molar-refractivity contribution in [2.45, 2.75) is 26.9 Å². The first-order chi connectivity index (χ1) is 13.1. The summed E-state index contributed by atoms with van der Waals surface area (Å²) in [4.78, 5) is 5.30. The van der Waals surface area contributed by atoms with Crippen LogP contribution in [0.2, 0.25) is 0 Å². The van der Waals surface area contributed by atoms with Crippen molar-refractivity contribution in [3.8, 4) is 17.2 Å². The van der Waals surface area contributed by atoms with E-state index in [9.17, 15) is 13.2 Å². The van der Waals surface area contributed by atoms with Gasteiger partial charge in [0.05, 0.1) is 23.1 Å². The smallest absolute Gasteiger partial charge is 0.361 e. The number of aromatic nitrogens is 2. The monoisotopic (exact) mass is 386 g/mol. The van der Waals surface area contributed by atoms with Crippen LogP contribution in [0.4, 0.5) is 24.5 Å². The molecule has 0 saturated carbocycles. The molecule has 1 aromatic carbocycles. The summed E-state index contributed by atoms with van der Waals surface area (Å²) in [6.07, 6.45) is -3.40. The highest BCUT2D eigenvalue weighted by molar-refractivity contribution is 5.76. The fourth-order valence-corrected chi connectivity index (χ4v) is 3.10. The molecule has 0 spiro atoms. The number of pyridine rings is 1. The van der Waals surface area contributed by atoms with Gasteiger partial charge in [-0.2, -0.15) is 18.4 Å². The topological polar surface area (TPSA) is 66.0 Å². The third kappa shape index (κ3) is 3.43. The molecule has 28 heavy (non-hydrogen) atoms. The van der Waals surface area contributed by atoms with Crippen molar-refractivity contribution in [3.63, 3.8) is 0 Å². The molecule has 8 heteroatoms. The first kappa shape index (κ1) is 19.4. The van der Waals surface area contributed by atoms with Crippen molar-refractivity contribution in [2.24, 2.45) is 0 Å². The molecule has 0 N–H and O–H groups in total. The molecule has 0 unspecified atom stereocenters. The number of aryl methyl sites for hydroxylation is 3. The Balaban J connectivity index is 2.10. The van der Waals surface area contributed by atoms with Gasteiger partial charge in [-0.3, -0.25) is 0 Å². The van der Waals surface area contributed by atoms with Gasteiger partial charge in [-0.1, -0.05) is 17.3 Å². The molecule has 2 aromatic heterocycles. The predicted octanol–water partition coefficient (Wildman–Crippen LogP) is 5.32. The molecular weight excluding hydrogens is 369 g/mol. The zero-order chi connectivity index (χ0) is 20.6. The van der Waals surface area contributed by atoms with Crippen molar-refractivity contribution >= 4 is 11.4 Å². The normalized spacial score (nSPS) is 11.4. The Labute approximate surface area is 160 Å². The summed E-state index contributed by atoms with van der Waals surface area (Å²) in [7, 11) is 1.66. The van der Waals surface area contributed by atoms with E-state index in [0.29, 0.717) is 11.4 Å². The maximum Gasteiger partial charge on any atom is 0.419 e. The van der Waals surface area contributed by atoms with Crippen molar-refractivity contribution in [3.05, 3.63) is 58.7 Å². The van der Waals surface area contributed by atoms with Gasteiger partial charge in [0, 0.05) is 18.3 Å². The number of alkyl halides is 3. The van der Waals surface area contributed by atoms with Crippen LogP contribution < -0.4 is 4.90 Å².